The standard InChI is InChI=1S/C15H29N3O/c1-6-11-16-14(13-10-12-17-18(13)5)15(7-2,8-3)19-9-4/h10,12,14,16H,6-9,11H2,1-5H3. The van der Waals surface area contributed by atoms with E-state index < -0.39 is 0 Å². The average molecular weight is 267 g/mol. The van der Waals surface area contributed by atoms with Crippen LogP contribution < -0.4 is 5.32 Å². The van der Waals surface area contributed by atoms with Gasteiger partial charge in [0.05, 0.1) is 17.3 Å². The summed E-state index contributed by atoms with van der Waals surface area (Å²) in [6.45, 7) is 10.4. The second kappa shape index (κ2) is 7.65. The fourth-order valence-corrected chi connectivity index (χ4v) is 2.75. The SMILES string of the molecule is CCCNC(c1ccnn1C)C(CC)(CC)OCC. The maximum Gasteiger partial charge on any atom is 0.0886 e. The summed E-state index contributed by atoms with van der Waals surface area (Å²) in [6.07, 6.45) is 4.95. The van der Waals surface area contributed by atoms with Crippen LogP contribution in [0.3, 0.4) is 0 Å². The molecule has 1 aromatic heterocycles. The maximum atomic E-state index is 6.16. The minimum absolute atomic E-state index is 0.155. The first-order valence-electron chi connectivity index (χ1n) is 7.50. The quantitative estimate of drug-likeness (QED) is 0.747. The zero-order valence-electron chi connectivity index (χ0n) is 13.1. The summed E-state index contributed by atoms with van der Waals surface area (Å²) < 4.78 is 8.11. The minimum atomic E-state index is -0.155. The lowest BCUT2D eigenvalue weighted by Crippen LogP contribution is -2.46. The largest absolute Gasteiger partial charge is 0.373 e. The van der Waals surface area contributed by atoms with E-state index in [-0.39, 0.29) is 11.6 Å². The summed E-state index contributed by atoms with van der Waals surface area (Å²) in [5.74, 6) is 0. The Kier molecular flexibility index (Phi) is 6.52. The molecule has 4 heteroatoms. The van der Waals surface area contributed by atoms with Crippen LogP contribution in [0.1, 0.15) is 58.7 Å². The van der Waals surface area contributed by atoms with Crippen molar-refractivity contribution >= 4 is 0 Å². The molecule has 110 valence electrons. The first-order valence-corrected chi connectivity index (χ1v) is 7.50. The highest BCUT2D eigenvalue weighted by Crippen LogP contribution is 2.35. The predicted octanol–water partition coefficient (Wildman–Crippen LogP) is 3.06. The van der Waals surface area contributed by atoms with Gasteiger partial charge in [0.15, 0.2) is 0 Å². The number of rotatable bonds is 9. The van der Waals surface area contributed by atoms with E-state index in [1.807, 2.05) is 17.9 Å². The Labute approximate surface area is 117 Å². The molecule has 4 nitrogen and oxygen atoms in total. The van der Waals surface area contributed by atoms with Gasteiger partial charge in [0.2, 0.25) is 0 Å². The van der Waals surface area contributed by atoms with E-state index in [1.165, 1.54) is 5.69 Å². The molecule has 0 aromatic carbocycles. The molecule has 1 unspecified atom stereocenters. The van der Waals surface area contributed by atoms with Crippen molar-refractivity contribution in [1.82, 2.24) is 15.1 Å². The second-order valence-corrected chi connectivity index (χ2v) is 4.97. The molecule has 0 fully saturated rings. The Bertz CT molecular complexity index is 358. The van der Waals surface area contributed by atoms with Crippen molar-refractivity contribution in [3.63, 3.8) is 0 Å². The highest BCUT2D eigenvalue weighted by molar-refractivity contribution is 5.13. The van der Waals surface area contributed by atoms with Gasteiger partial charge in [-0.15, -0.1) is 0 Å². The summed E-state index contributed by atoms with van der Waals surface area (Å²) in [7, 11) is 2.00. The number of nitrogens with one attached hydrogen (secondary N) is 1. The van der Waals surface area contributed by atoms with Crippen molar-refractivity contribution in [2.75, 3.05) is 13.2 Å². The Balaban J connectivity index is 3.09. The number of hydrogen-bond acceptors (Lipinski definition) is 3. The number of ether oxygens (including phenoxy) is 1. The van der Waals surface area contributed by atoms with Crippen molar-refractivity contribution in [2.45, 2.75) is 58.6 Å². The van der Waals surface area contributed by atoms with Crippen LogP contribution in [-0.4, -0.2) is 28.5 Å². The molecular formula is C15H29N3O. The summed E-state index contributed by atoms with van der Waals surface area (Å²) >= 11 is 0. The molecule has 1 heterocycles. The van der Waals surface area contributed by atoms with E-state index in [0.29, 0.717) is 0 Å². The summed E-state index contributed by atoms with van der Waals surface area (Å²) in [4.78, 5) is 0. The topological polar surface area (TPSA) is 39.1 Å². The maximum absolute atomic E-state index is 6.16. The first-order chi connectivity index (χ1) is 9.15. The highest BCUT2D eigenvalue weighted by Gasteiger charge is 2.38. The van der Waals surface area contributed by atoms with Gasteiger partial charge in [0.25, 0.3) is 0 Å². The van der Waals surface area contributed by atoms with E-state index in [1.54, 1.807) is 0 Å². The molecule has 0 spiro atoms. The third-order valence-corrected chi connectivity index (χ3v) is 3.91. The molecule has 0 amide bonds. The van der Waals surface area contributed by atoms with Crippen molar-refractivity contribution < 1.29 is 4.74 Å². The zero-order valence-corrected chi connectivity index (χ0v) is 13.1. The van der Waals surface area contributed by atoms with Crippen LogP contribution in [0.25, 0.3) is 0 Å². The lowest BCUT2D eigenvalue weighted by Gasteiger charge is -2.40. The van der Waals surface area contributed by atoms with Crippen molar-refractivity contribution in [2.24, 2.45) is 7.05 Å². The molecule has 0 radical (unpaired) electrons. The Morgan fingerprint density at radius 3 is 2.42 bits per heavy atom. The molecule has 0 aliphatic rings. The van der Waals surface area contributed by atoms with Crippen molar-refractivity contribution in [1.29, 1.82) is 0 Å². The average Bonchev–Trinajstić information content (AvgIpc) is 2.84. The van der Waals surface area contributed by atoms with Gasteiger partial charge < -0.3 is 10.1 Å². The van der Waals surface area contributed by atoms with Crippen LogP contribution in [0, 0.1) is 0 Å². The minimum Gasteiger partial charge on any atom is -0.373 e. The molecule has 1 atom stereocenters. The number of hydrogen-bond donors (Lipinski definition) is 1. The van der Waals surface area contributed by atoms with E-state index in [9.17, 15) is 0 Å². The van der Waals surface area contributed by atoms with Gasteiger partial charge in [-0.3, -0.25) is 4.68 Å². The van der Waals surface area contributed by atoms with Gasteiger partial charge in [0, 0.05) is 19.9 Å². The van der Waals surface area contributed by atoms with Crippen molar-refractivity contribution in [3.05, 3.63) is 18.0 Å². The molecule has 0 bridgehead atoms. The van der Waals surface area contributed by atoms with Crippen molar-refractivity contribution in [3.8, 4) is 0 Å². The Hall–Kier alpha value is -0.870. The van der Waals surface area contributed by atoms with Gasteiger partial charge in [0.1, 0.15) is 0 Å². The summed E-state index contributed by atoms with van der Waals surface area (Å²) in [5, 5.41) is 7.96. The van der Waals surface area contributed by atoms with E-state index in [4.69, 9.17) is 4.74 Å². The number of aromatic nitrogens is 2. The third kappa shape index (κ3) is 3.57. The van der Waals surface area contributed by atoms with E-state index in [0.717, 1.165) is 32.4 Å². The normalized spacial score (nSPS) is 13.7. The molecule has 0 aliphatic heterocycles. The summed E-state index contributed by atoms with van der Waals surface area (Å²) in [6, 6.07) is 2.28. The van der Waals surface area contributed by atoms with E-state index >= 15 is 0 Å². The predicted molar refractivity (Wildman–Crippen MR) is 79.2 cm³/mol. The van der Waals surface area contributed by atoms with E-state index in [2.05, 4.69) is 44.2 Å². The smallest absolute Gasteiger partial charge is 0.0886 e. The third-order valence-electron chi connectivity index (χ3n) is 3.91. The van der Waals surface area contributed by atoms with Gasteiger partial charge in [-0.05, 0) is 38.8 Å². The fourth-order valence-electron chi connectivity index (χ4n) is 2.75. The Morgan fingerprint density at radius 1 is 1.32 bits per heavy atom. The lowest BCUT2D eigenvalue weighted by molar-refractivity contribution is -0.0749. The molecule has 1 rings (SSSR count). The van der Waals surface area contributed by atoms with Gasteiger partial charge in [-0.1, -0.05) is 20.8 Å². The number of nitrogens with zero attached hydrogens (tertiary/aromatic N) is 2. The van der Waals surface area contributed by atoms with Gasteiger partial charge in [-0.2, -0.15) is 5.10 Å². The van der Waals surface area contributed by atoms with Crippen LogP contribution in [0.2, 0.25) is 0 Å². The molecular weight excluding hydrogens is 238 g/mol. The van der Waals surface area contributed by atoms with Crippen LogP contribution in [0.5, 0.6) is 0 Å². The van der Waals surface area contributed by atoms with Crippen LogP contribution in [0.4, 0.5) is 0 Å². The highest BCUT2D eigenvalue weighted by atomic mass is 16.5. The molecule has 0 saturated carbocycles. The van der Waals surface area contributed by atoms with Gasteiger partial charge >= 0.3 is 0 Å². The van der Waals surface area contributed by atoms with Gasteiger partial charge in [-0.25, -0.2) is 0 Å². The molecule has 0 aliphatic carbocycles. The first kappa shape index (κ1) is 16.2. The molecule has 1 N–H and O–H groups in total. The van der Waals surface area contributed by atoms with Crippen LogP contribution in [-0.2, 0) is 11.8 Å². The summed E-state index contributed by atoms with van der Waals surface area (Å²) in [5.41, 5.74) is 1.04. The number of aryl methyl sites for hydroxylation is 1. The molecule has 0 saturated heterocycles. The lowest BCUT2D eigenvalue weighted by atomic mass is 9.85. The monoisotopic (exact) mass is 267 g/mol. The second-order valence-electron chi connectivity index (χ2n) is 4.97. The fraction of sp³-hybridized carbons (Fsp3) is 0.800. The Morgan fingerprint density at radius 2 is 2.00 bits per heavy atom. The van der Waals surface area contributed by atoms with Crippen LogP contribution in [0.15, 0.2) is 12.3 Å². The molecule has 1 aromatic rings. The molecule has 19 heavy (non-hydrogen) atoms. The zero-order chi connectivity index (χ0) is 14.3. The van der Waals surface area contributed by atoms with Crippen LogP contribution >= 0.6 is 0 Å².